The average Bonchev–Trinajstić information content (AvgIpc) is 3.07. The molecule has 0 aromatic carbocycles. The molecule has 31 heavy (non-hydrogen) atoms. The van der Waals surface area contributed by atoms with E-state index in [1.165, 1.54) is 44.9 Å². The highest BCUT2D eigenvalue weighted by Crippen LogP contribution is 2.65. The molecule has 3 aliphatic carbocycles. The third kappa shape index (κ3) is 5.24. The summed E-state index contributed by atoms with van der Waals surface area (Å²) in [6.45, 7) is 14.0. The van der Waals surface area contributed by atoms with E-state index in [0.717, 1.165) is 61.8 Å². The molecule has 2 N–H and O–H groups in total. The molecule has 0 bridgehead atoms. The summed E-state index contributed by atoms with van der Waals surface area (Å²) in [5.74, 6) is 5.29. The van der Waals surface area contributed by atoms with Gasteiger partial charge in [0.15, 0.2) is 0 Å². The van der Waals surface area contributed by atoms with Gasteiger partial charge < -0.3 is 10.4 Å². The molecule has 0 radical (unpaired) electrons. The van der Waals surface area contributed by atoms with E-state index < -0.39 is 0 Å². The summed E-state index contributed by atoms with van der Waals surface area (Å²) >= 11 is 0. The van der Waals surface area contributed by atoms with E-state index in [1.807, 2.05) is 0 Å². The van der Waals surface area contributed by atoms with Crippen LogP contribution in [0.1, 0.15) is 105 Å². The summed E-state index contributed by atoms with van der Waals surface area (Å²) in [7, 11) is 0. The van der Waals surface area contributed by atoms with Gasteiger partial charge in [0.2, 0.25) is 0 Å². The van der Waals surface area contributed by atoms with Crippen LogP contribution in [-0.2, 0) is 4.79 Å². The number of hydrogen-bond donors (Lipinski definition) is 2. The summed E-state index contributed by atoms with van der Waals surface area (Å²) in [5.41, 5.74) is 0.383. The van der Waals surface area contributed by atoms with Gasteiger partial charge in [0, 0.05) is 18.4 Å². The molecule has 3 rings (SSSR count). The van der Waals surface area contributed by atoms with Crippen molar-refractivity contribution in [3.63, 3.8) is 0 Å². The molecule has 3 aliphatic rings. The van der Waals surface area contributed by atoms with E-state index in [2.05, 4.69) is 39.9 Å². The number of nitrogens with one attached hydrogen (secondary N) is 1. The van der Waals surface area contributed by atoms with Crippen LogP contribution >= 0.6 is 0 Å². The second-order valence-corrected chi connectivity index (χ2v) is 12.4. The van der Waals surface area contributed by atoms with Crippen molar-refractivity contribution >= 4 is 5.78 Å². The first kappa shape index (κ1) is 25.2. The second-order valence-electron chi connectivity index (χ2n) is 12.4. The first-order chi connectivity index (χ1) is 14.7. The summed E-state index contributed by atoms with van der Waals surface area (Å²) < 4.78 is 0. The Bertz CT molecular complexity index is 590. The third-order valence-corrected chi connectivity index (χ3v) is 10.1. The predicted octanol–water partition coefficient (Wildman–Crippen LogP) is 6.24. The highest BCUT2D eigenvalue weighted by Gasteiger charge is 2.59. The van der Waals surface area contributed by atoms with Gasteiger partial charge in [-0.05, 0) is 92.4 Å². The molecule has 0 unspecified atom stereocenters. The Balaban J connectivity index is 1.65. The Hall–Kier alpha value is -0.410. The third-order valence-electron chi connectivity index (χ3n) is 10.1. The zero-order chi connectivity index (χ0) is 22.6. The van der Waals surface area contributed by atoms with Crippen molar-refractivity contribution in [1.82, 2.24) is 5.32 Å². The van der Waals surface area contributed by atoms with Crippen LogP contribution in [0, 0.1) is 46.3 Å². The number of ketones is 1. The van der Waals surface area contributed by atoms with Crippen LogP contribution in [0.2, 0.25) is 0 Å². The first-order valence-electron chi connectivity index (χ1n) is 13.6. The number of carbonyl (C=O) groups is 1. The minimum atomic E-state index is -0.119. The van der Waals surface area contributed by atoms with Crippen LogP contribution in [0.25, 0.3) is 0 Å². The maximum Gasteiger partial charge on any atom is 0.139 e. The van der Waals surface area contributed by atoms with E-state index in [9.17, 15) is 4.79 Å². The zero-order valence-electron chi connectivity index (χ0n) is 21.2. The zero-order valence-corrected chi connectivity index (χ0v) is 21.2. The predicted molar refractivity (Wildman–Crippen MR) is 130 cm³/mol. The maximum absolute atomic E-state index is 13.1. The summed E-state index contributed by atoms with van der Waals surface area (Å²) in [5, 5.41) is 12.3. The molecule has 0 spiro atoms. The molecule has 0 amide bonds. The molecule has 180 valence electrons. The average molecular weight is 434 g/mol. The Labute approximate surface area is 192 Å². The SMILES string of the molecule is CC(C)CCC[C@H](C)[C@@H]1CC[C@H]2[C@H]3CCC(=O)[C@@](C)(CCCNCCO)[C@@H]3CC[C@@]21C. The van der Waals surface area contributed by atoms with Crippen LogP contribution in [0.4, 0.5) is 0 Å². The molecule has 0 aromatic rings. The Morgan fingerprint density at radius 3 is 2.48 bits per heavy atom. The number of Topliss-reactive ketones (excluding diaryl/α,β-unsaturated/α-hetero) is 1. The quantitative estimate of drug-likeness (QED) is 0.379. The van der Waals surface area contributed by atoms with E-state index in [1.54, 1.807) is 0 Å². The fourth-order valence-electron chi connectivity index (χ4n) is 8.41. The maximum atomic E-state index is 13.1. The van der Waals surface area contributed by atoms with Crippen LogP contribution in [0.5, 0.6) is 0 Å². The van der Waals surface area contributed by atoms with Gasteiger partial charge in [0.1, 0.15) is 5.78 Å². The number of carbonyl (C=O) groups excluding carboxylic acids is 1. The molecule has 3 heteroatoms. The molecular formula is C28H51NO2. The summed E-state index contributed by atoms with van der Waals surface area (Å²) in [4.78, 5) is 13.1. The van der Waals surface area contributed by atoms with E-state index in [0.29, 0.717) is 23.7 Å². The number of aliphatic hydroxyl groups excluding tert-OH is 1. The fraction of sp³-hybridized carbons (Fsp3) is 0.964. The minimum absolute atomic E-state index is 0.119. The van der Waals surface area contributed by atoms with Gasteiger partial charge in [0.25, 0.3) is 0 Å². The normalized spacial score (nSPS) is 38.9. The van der Waals surface area contributed by atoms with Gasteiger partial charge in [-0.3, -0.25) is 4.79 Å². The molecule has 3 fully saturated rings. The number of aliphatic hydroxyl groups is 1. The summed E-state index contributed by atoms with van der Waals surface area (Å²) in [6.07, 6.45) is 13.6. The molecule has 0 heterocycles. The van der Waals surface area contributed by atoms with Crippen molar-refractivity contribution in [2.45, 2.75) is 105 Å². The smallest absolute Gasteiger partial charge is 0.139 e. The highest BCUT2D eigenvalue weighted by molar-refractivity contribution is 5.85. The number of hydrogen-bond acceptors (Lipinski definition) is 3. The number of rotatable bonds is 11. The van der Waals surface area contributed by atoms with E-state index >= 15 is 0 Å². The van der Waals surface area contributed by atoms with Crippen LogP contribution in [-0.4, -0.2) is 30.6 Å². The highest BCUT2D eigenvalue weighted by atomic mass is 16.3. The monoisotopic (exact) mass is 433 g/mol. The lowest BCUT2D eigenvalue weighted by atomic mass is 9.48. The lowest BCUT2D eigenvalue weighted by Gasteiger charge is -2.56. The lowest BCUT2D eigenvalue weighted by molar-refractivity contribution is -0.146. The van der Waals surface area contributed by atoms with E-state index in [-0.39, 0.29) is 12.0 Å². The van der Waals surface area contributed by atoms with Crippen molar-refractivity contribution in [2.24, 2.45) is 46.3 Å². The molecule has 3 saturated carbocycles. The molecular weight excluding hydrogens is 382 g/mol. The van der Waals surface area contributed by atoms with Gasteiger partial charge in [0.05, 0.1) is 6.61 Å². The Morgan fingerprint density at radius 1 is 1.00 bits per heavy atom. The van der Waals surface area contributed by atoms with Crippen molar-refractivity contribution in [1.29, 1.82) is 0 Å². The fourth-order valence-corrected chi connectivity index (χ4v) is 8.41. The molecule has 7 atom stereocenters. The molecule has 0 aromatic heterocycles. The van der Waals surface area contributed by atoms with Crippen LogP contribution in [0.3, 0.4) is 0 Å². The largest absolute Gasteiger partial charge is 0.395 e. The van der Waals surface area contributed by atoms with Crippen LogP contribution < -0.4 is 5.32 Å². The minimum Gasteiger partial charge on any atom is -0.395 e. The van der Waals surface area contributed by atoms with Crippen molar-refractivity contribution in [2.75, 3.05) is 19.7 Å². The van der Waals surface area contributed by atoms with Gasteiger partial charge in [-0.25, -0.2) is 0 Å². The Kier molecular flexibility index (Phi) is 8.69. The van der Waals surface area contributed by atoms with E-state index in [4.69, 9.17) is 5.11 Å². The summed E-state index contributed by atoms with van der Waals surface area (Å²) in [6, 6.07) is 0. The van der Waals surface area contributed by atoms with Crippen LogP contribution in [0.15, 0.2) is 0 Å². The molecule has 3 nitrogen and oxygen atoms in total. The second kappa shape index (κ2) is 10.7. The van der Waals surface area contributed by atoms with Gasteiger partial charge in [-0.1, -0.05) is 53.9 Å². The van der Waals surface area contributed by atoms with Gasteiger partial charge >= 0.3 is 0 Å². The van der Waals surface area contributed by atoms with Gasteiger partial charge in [-0.2, -0.15) is 0 Å². The Morgan fingerprint density at radius 2 is 1.77 bits per heavy atom. The molecule has 0 saturated heterocycles. The van der Waals surface area contributed by atoms with Crippen molar-refractivity contribution < 1.29 is 9.90 Å². The first-order valence-corrected chi connectivity index (χ1v) is 13.6. The van der Waals surface area contributed by atoms with Gasteiger partial charge in [-0.15, -0.1) is 0 Å². The lowest BCUT2D eigenvalue weighted by Crippen LogP contribution is -2.52. The topological polar surface area (TPSA) is 49.3 Å². The van der Waals surface area contributed by atoms with Crippen molar-refractivity contribution in [3.05, 3.63) is 0 Å². The molecule has 0 aliphatic heterocycles. The standard InChI is InChI=1S/C28H51NO2/c1-20(2)8-6-9-21(3)23-11-12-24-22-10-13-26(31)28(5,15-7-17-29-18-19-30)25(22)14-16-27(23,24)4/h20-25,29-30H,6-19H2,1-5H3/t21-,22+,23-,24-,25+,27+,28-/m0/s1. The number of fused-ring (bicyclic) bond motifs is 3. The van der Waals surface area contributed by atoms with Crippen molar-refractivity contribution in [3.8, 4) is 0 Å².